The maximum atomic E-state index is 12.3. The van der Waals surface area contributed by atoms with Crippen LogP contribution in [0.5, 0.6) is 0 Å². The summed E-state index contributed by atoms with van der Waals surface area (Å²) in [5, 5.41) is 6.42. The molecule has 0 amide bonds. The first kappa shape index (κ1) is 23.6. The quantitative estimate of drug-likeness (QED) is 0.252. The van der Waals surface area contributed by atoms with Crippen molar-refractivity contribution < 1.29 is 22.6 Å². The molecule has 0 bridgehead atoms. The number of methoxy groups -OCH3 is 1. The first-order chi connectivity index (χ1) is 14.0. The van der Waals surface area contributed by atoms with Crippen molar-refractivity contribution in [1.29, 1.82) is 0 Å². The molecule has 0 aliphatic carbocycles. The Balaban J connectivity index is 1.74. The molecule has 1 aliphatic rings. The molecule has 1 heterocycles. The van der Waals surface area contributed by atoms with Gasteiger partial charge in [-0.1, -0.05) is 12.1 Å². The summed E-state index contributed by atoms with van der Waals surface area (Å²) in [6.45, 7) is 3.88. The molecule has 0 saturated carbocycles. The fourth-order valence-corrected chi connectivity index (χ4v) is 3.85. The number of nitrogens with zero attached hydrogens (tertiary/aromatic N) is 1. The van der Waals surface area contributed by atoms with Gasteiger partial charge in [0.1, 0.15) is 0 Å². The first-order valence-electron chi connectivity index (χ1n) is 9.76. The van der Waals surface area contributed by atoms with E-state index in [1.54, 1.807) is 25.2 Å². The summed E-state index contributed by atoms with van der Waals surface area (Å²) in [6.07, 6.45) is 2.05. The van der Waals surface area contributed by atoms with Crippen molar-refractivity contribution in [3.8, 4) is 0 Å². The Morgan fingerprint density at radius 1 is 1.28 bits per heavy atom. The predicted molar refractivity (Wildman–Crippen MR) is 112 cm³/mol. The molecule has 29 heavy (non-hydrogen) atoms. The molecule has 1 unspecified atom stereocenters. The average Bonchev–Trinajstić information content (AvgIpc) is 3.24. The molecule has 9 nitrogen and oxygen atoms in total. The van der Waals surface area contributed by atoms with Crippen LogP contribution in [0, 0.1) is 0 Å². The Labute approximate surface area is 173 Å². The summed E-state index contributed by atoms with van der Waals surface area (Å²) in [5.74, 6) is 0.653. The summed E-state index contributed by atoms with van der Waals surface area (Å²) in [4.78, 5) is 4.41. The fraction of sp³-hybridized carbons (Fsp3) is 0.632. The molecule has 3 N–H and O–H groups in total. The minimum Gasteiger partial charge on any atom is -0.383 e. The number of guanidine groups is 1. The normalized spacial score (nSPS) is 17.4. The minimum absolute atomic E-state index is 0.222. The van der Waals surface area contributed by atoms with Crippen LogP contribution in [0.4, 0.5) is 0 Å². The van der Waals surface area contributed by atoms with Gasteiger partial charge in [-0.25, -0.2) is 13.1 Å². The Hall–Kier alpha value is -1.72. The van der Waals surface area contributed by atoms with Crippen LogP contribution in [0.2, 0.25) is 0 Å². The number of aliphatic imine (C=N–C) groups is 1. The van der Waals surface area contributed by atoms with Gasteiger partial charge in [0, 0.05) is 47.0 Å². The number of hydrogen-bond acceptors (Lipinski definition) is 6. The molecule has 1 aliphatic heterocycles. The number of sulfonamides is 1. The third kappa shape index (κ3) is 8.67. The van der Waals surface area contributed by atoms with E-state index in [9.17, 15) is 8.42 Å². The number of nitrogens with one attached hydrogen (secondary N) is 3. The summed E-state index contributed by atoms with van der Waals surface area (Å²) < 4.78 is 43.0. The second-order valence-corrected chi connectivity index (χ2v) is 8.37. The van der Waals surface area contributed by atoms with Gasteiger partial charge < -0.3 is 24.8 Å². The van der Waals surface area contributed by atoms with Gasteiger partial charge in [0.2, 0.25) is 10.0 Å². The lowest BCUT2D eigenvalue weighted by Crippen LogP contribution is -2.37. The van der Waals surface area contributed by atoms with Gasteiger partial charge in [-0.3, -0.25) is 4.99 Å². The Kier molecular flexibility index (Phi) is 10.4. The number of hydrogen-bond donors (Lipinski definition) is 3. The van der Waals surface area contributed by atoms with Crippen molar-refractivity contribution in [2.75, 3.05) is 53.7 Å². The molecule has 0 radical (unpaired) electrons. The zero-order valence-electron chi connectivity index (χ0n) is 17.1. The van der Waals surface area contributed by atoms with E-state index in [4.69, 9.17) is 14.2 Å². The molecule has 1 saturated heterocycles. The lowest BCUT2D eigenvalue weighted by atomic mass is 10.2. The highest BCUT2D eigenvalue weighted by Gasteiger charge is 2.15. The average molecular weight is 429 g/mol. The molecule has 1 aromatic carbocycles. The third-order valence-electron chi connectivity index (χ3n) is 4.35. The molecular formula is C19H32N4O5S. The number of benzene rings is 1. The van der Waals surface area contributed by atoms with Gasteiger partial charge in [-0.05, 0) is 30.5 Å². The molecule has 1 fully saturated rings. The van der Waals surface area contributed by atoms with E-state index >= 15 is 0 Å². The minimum atomic E-state index is -3.55. The van der Waals surface area contributed by atoms with Crippen molar-refractivity contribution in [2.24, 2.45) is 4.99 Å². The highest BCUT2D eigenvalue weighted by molar-refractivity contribution is 7.89. The summed E-state index contributed by atoms with van der Waals surface area (Å²) in [5.41, 5.74) is 0.840. The molecule has 10 heteroatoms. The Morgan fingerprint density at radius 3 is 2.86 bits per heavy atom. The molecular weight excluding hydrogens is 396 g/mol. The summed E-state index contributed by atoms with van der Waals surface area (Å²) in [6, 6.07) is 6.81. The zero-order valence-corrected chi connectivity index (χ0v) is 18.0. The predicted octanol–water partition coefficient (Wildman–Crippen LogP) is 0.472. The van der Waals surface area contributed by atoms with E-state index in [1.165, 1.54) is 7.11 Å². The molecule has 1 atom stereocenters. The molecule has 2 rings (SSSR count). The van der Waals surface area contributed by atoms with Gasteiger partial charge in [-0.2, -0.15) is 0 Å². The van der Waals surface area contributed by atoms with Crippen molar-refractivity contribution in [3.63, 3.8) is 0 Å². The highest BCUT2D eigenvalue weighted by atomic mass is 32.2. The van der Waals surface area contributed by atoms with E-state index in [-0.39, 0.29) is 17.5 Å². The van der Waals surface area contributed by atoms with Crippen LogP contribution in [0.25, 0.3) is 0 Å². The van der Waals surface area contributed by atoms with Crippen LogP contribution in [-0.4, -0.2) is 74.2 Å². The SMILES string of the molecule is CN=C(NCCCOC1CCOC1)NCc1cccc(S(=O)(=O)NCCOC)c1. The third-order valence-corrected chi connectivity index (χ3v) is 5.80. The summed E-state index contributed by atoms with van der Waals surface area (Å²) in [7, 11) is -0.330. The number of ether oxygens (including phenoxy) is 3. The van der Waals surface area contributed by atoms with E-state index in [0.717, 1.165) is 31.6 Å². The van der Waals surface area contributed by atoms with Crippen molar-refractivity contribution in [1.82, 2.24) is 15.4 Å². The molecule has 164 valence electrons. The monoisotopic (exact) mass is 428 g/mol. The van der Waals surface area contributed by atoms with Crippen LogP contribution in [0.3, 0.4) is 0 Å². The fourth-order valence-electron chi connectivity index (χ4n) is 2.76. The van der Waals surface area contributed by atoms with Crippen LogP contribution in [0.1, 0.15) is 18.4 Å². The van der Waals surface area contributed by atoms with Gasteiger partial charge in [0.15, 0.2) is 5.96 Å². The topological polar surface area (TPSA) is 110 Å². The number of rotatable bonds is 12. The zero-order chi connectivity index (χ0) is 21.0. The van der Waals surface area contributed by atoms with Gasteiger partial charge in [0.25, 0.3) is 0 Å². The van der Waals surface area contributed by atoms with Crippen LogP contribution >= 0.6 is 0 Å². The second-order valence-electron chi connectivity index (χ2n) is 6.60. The highest BCUT2D eigenvalue weighted by Crippen LogP contribution is 2.11. The first-order valence-corrected chi connectivity index (χ1v) is 11.2. The van der Waals surface area contributed by atoms with Crippen LogP contribution in [0.15, 0.2) is 34.2 Å². The summed E-state index contributed by atoms with van der Waals surface area (Å²) >= 11 is 0. The van der Waals surface area contributed by atoms with Crippen molar-refractivity contribution >= 4 is 16.0 Å². The van der Waals surface area contributed by atoms with E-state index in [1.807, 2.05) is 6.07 Å². The van der Waals surface area contributed by atoms with Gasteiger partial charge >= 0.3 is 0 Å². The largest absolute Gasteiger partial charge is 0.383 e. The smallest absolute Gasteiger partial charge is 0.240 e. The van der Waals surface area contributed by atoms with E-state index in [2.05, 4.69) is 20.3 Å². The second kappa shape index (κ2) is 12.8. The standard InChI is InChI=1S/C19H32N4O5S/c1-20-19(21-8-4-10-28-17-7-11-27-15-17)22-14-16-5-3-6-18(13-16)29(24,25)23-9-12-26-2/h3,5-6,13,17,23H,4,7-12,14-15H2,1-2H3,(H2,20,21,22). The van der Waals surface area contributed by atoms with Crippen LogP contribution < -0.4 is 15.4 Å². The van der Waals surface area contributed by atoms with Crippen LogP contribution in [-0.2, 0) is 30.8 Å². The maximum absolute atomic E-state index is 12.3. The molecule has 0 spiro atoms. The lowest BCUT2D eigenvalue weighted by Gasteiger charge is -2.14. The maximum Gasteiger partial charge on any atom is 0.240 e. The van der Waals surface area contributed by atoms with Crippen molar-refractivity contribution in [3.05, 3.63) is 29.8 Å². The Morgan fingerprint density at radius 2 is 2.14 bits per heavy atom. The Bertz CT molecular complexity index is 736. The van der Waals surface area contributed by atoms with E-state index in [0.29, 0.717) is 32.3 Å². The molecule has 1 aromatic rings. The van der Waals surface area contributed by atoms with Crippen molar-refractivity contribution in [2.45, 2.75) is 30.4 Å². The van der Waals surface area contributed by atoms with Gasteiger partial charge in [0.05, 0.1) is 24.2 Å². The molecule has 0 aromatic heterocycles. The van der Waals surface area contributed by atoms with E-state index < -0.39 is 10.0 Å². The lowest BCUT2D eigenvalue weighted by molar-refractivity contribution is 0.0420. The van der Waals surface area contributed by atoms with Gasteiger partial charge in [-0.15, -0.1) is 0 Å².